The van der Waals surface area contributed by atoms with Crippen molar-refractivity contribution in [3.63, 3.8) is 0 Å². The Morgan fingerprint density at radius 2 is 2.14 bits per heavy atom. The number of amides is 1. The van der Waals surface area contributed by atoms with Crippen LogP contribution in [0.4, 0.5) is 0 Å². The minimum absolute atomic E-state index is 0.142. The summed E-state index contributed by atoms with van der Waals surface area (Å²) >= 11 is 0. The van der Waals surface area contributed by atoms with Crippen LogP contribution in [0.5, 0.6) is 5.75 Å². The normalized spacial score (nSPS) is 18.7. The summed E-state index contributed by atoms with van der Waals surface area (Å²) in [6, 6.07) is 5.77. The van der Waals surface area contributed by atoms with E-state index >= 15 is 0 Å². The van der Waals surface area contributed by atoms with Gasteiger partial charge in [0.05, 0.1) is 6.10 Å². The lowest BCUT2D eigenvalue weighted by Gasteiger charge is -2.13. The molecular formula is C16H21NO5. The molecule has 1 aromatic rings. The summed E-state index contributed by atoms with van der Waals surface area (Å²) in [5.41, 5.74) is 0.407. The average molecular weight is 307 g/mol. The lowest BCUT2D eigenvalue weighted by molar-refractivity contribution is -0.139. The van der Waals surface area contributed by atoms with E-state index in [-0.39, 0.29) is 6.10 Å². The van der Waals surface area contributed by atoms with Crippen LogP contribution in [0.3, 0.4) is 0 Å². The highest BCUT2D eigenvalue weighted by Gasteiger charge is 2.19. The molecule has 6 heteroatoms. The van der Waals surface area contributed by atoms with Crippen molar-refractivity contribution in [2.24, 2.45) is 0 Å². The van der Waals surface area contributed by atoms with Crippen LogP contribution >= 0.6 is 0 Å². The van der Waals surface area contributed by atoms with Crippen LogP contribution in [-0.4, -0.2) is 42.3 Å². The number of nitrogens with one attached hydrogen (secondary N) is 1. The summed E-state index contributed by atoms with van der Waals surface area (Å²) < 4.78 is 11.1. The van der Waals surface area contributed by atoms with Gasteiger partial charge in [0.2, 0.25) is 0 Å². The molecule has 1 aromatic carbocycles. The largest absolute Gasteiger partial charge is 0.491 e. The number of rotatable bonds is 7. The predicted molar refractivity (Wildman–Crippen MR) is 80.1 cm³/mol. The molecule has 2 atom stereocenters. The van der Waals surface area contributed by atoms with Crippen LogP contribution in [0.15, 0.2) is 24.3 Å². The summed E-state index contributed by atoms with van der Waals surface area (Å²) in [4.78, 5) is 22.9. The molecule has 1 aliphatic heterocycles. The Morgan fingerprint density at radius 1 is 1.41 bits per heavy atom. The lowest BCUT2D eigenvalue weighted by Crippen LogP contribution is -2.40. The second-order valence-electron chi connectivity index (χ2n) is 5.24. The van der Waals surface area contributed by atoms with Gasteiger partial charge in [0.1, 0.15) is 18.4 Å². The molecule has 0 unspecified atom stereocenters. The maximum absolute atomic E-state index is 12.0. The molecule has 1 heterocycles. The Bertz CT molecular complexity index is 508. The number of carbonyl (C=O) groups excluding carboxylic acids is 1. The molecule has 0 radical (unpaired) electrons. The molecule has 6 nitrogen and oxygen atoms in total. The molecule has 2 rings (SSSR count). The highest BCUT2D eigenvalue weighted by molar-refractivity contribution is 5.96. The monoisotopic (exact) mass is 307 g/mol. The van der Waals surface area contributed by atoms with Gasteiger partial charge in [-0.3, -0.25) is 4.79 Å². The second-order valence-corrected chi connectivity index (χ2v) is 5.24. The van der Waals surface area contributed by atoms with E-state index in [1.54, 1.807) is 31.2 Å². The first kappa shape index (κ1) is 16.3. The number of benzene rings is 1. The molecule has 1 amide bonds. The smallest absolute Gasteiger partial charge is 0.326 e. The fraction of sp³-hybridized carbons (Fsp3) is 0.500. The third-order valence-corrected chi connectivity index (χ3v) is 3.59. The maximum Gasteiger partial charge on any atom is 0.326 e. The molecule has 22 heavy (non-hydrogen) atoms. The molecule has 0 saturated carbocycles. The zero-order valence-corrected chi connectivity index (χ0v) is 12.6. The number of hydrogen-bond donors (Lipinski definition) is 2. The first-order valence-corrected chi connectivity index (χ1v) is 7.48. The molecular weight excluding hydrogens is 286 g/mol. The van der Waals surface area contributed by atoms with Gasteiger partial charge in [-0.2, -0.15) is 0 Å². The molecule has 0 bridgehead atoms. The van der Waals surface area contributed by atoms with Crippen molar-refractivity contribution in [1.82, 2.24) is 5.32 Å². The van der Waals surface area contributed by atoms with Gasteiger partial charge in [0.15, 0.2) is 0 Å². The van der Waals surface area contributed by atoms with Crippen molar-refractivity contribution in [2.45, 2.75) is 38.3 Å². The highest BCUT2D eigenvalue weighted by Crippen LogP contribution is 2.16. The van der Waals surface area contributed by atoms with Crippen LogP contribution in [0.2, 0.25) is 0 Å². The van der Waals surface area contributed by atoms with E-state index in [1.807, 2.05) is 0 Å². The number of carboxylic acids is 1. The zero-order valence-electron chi connectivity index (χ0n) is 12.6. The van der Waals surface area contributed by atoms with E-state index in [9.17, 15) is 9.59 Å². The molecule has 0 spiro atoms. The summed E-state index contributed by atoms with van der Waals surface area (Å²) in [5.74, 6) is -0.774. The van der Waals surface area contributed by atoms with Crippen LogP contribution in [0.25, 0.3) is 0 Å². The maximum atomic E-state index is 12.0. The van der Waals surface area contributed by atoms with Crippen LogP contribution < -0.4 is 10.1 Å². The minimum Gasteiger partial charge on any atom is -0.491 e. The predicted octanol–water partition coefficient (Wildman–Crippen LogP) is 1.84. The number of carboxylic acid groups (broad SMARTS) is 1. The Balaban J connectivity index is 1.87. The molecule has 0 aliphatic carbocycles. The van der Waals surface area contributed by atoms with Gasteiger partial charge in [-0.15, -0.1) is 0 Å². The van der Waals surface area contributed by atoms with E-state index in [4.69, 9.17) is 14.6 Å². The number of ether oxygens (including phenoxy) is 2. The molecule has 2 N–H and O–H groups in total. The first-order chi connectivity index (χ1) is 10.6. The summed E-state index contributed by atoms with van der Waals surface area (Å²) in [5, 5.41) is 11.4. The lowest BCUT2D eigenvalue weighted by atomic mass is 10.1. The third kappa shape index (κ3) is 4.46. The van der Waals surface area contributed by atoms with Gasteiger partial charge in [-0.25, -0.2) is 4.79 Å². The molecule has 1 aliphatic rings. The standard InChI is InChI=1S/C16H21NO5/c1-2-14(16(19)20)17-15(18)11-5-7-12(8-6-11)22-10-13-4-3-9-21-13/h5-8,13-14H,2-4,9-10H2,1H3,(H,17,18)(H,19,20)/t13-,14-/m1/s1. The Labute approximate surface area is 129 Å². The van der Waals surface area contributed by atoms with E-state index in [1.165, 1.54) is 0 Å². The second kappa shape index (κ2) is 7.79. The van der Waals surface area contributed by atoms with Crippen molar-refractivity contribution >= 4 is 11.9 Å². The van der Waals surface area contributed by atoms with Crippen LogP contribution in [0.1, 0.15) is 36.5 Å². The number of aliphatic carboxylic acids is 1. The average Bonchev–Trinajstić information content (AvgIpc) is 3.04. The summed E-state index contributed by atoms with van der Waals surface area (Å²) in [6.07, 6.45) is 2.55. The quantitative estimate of drug-likeness (QED) is 0.803. The third-order valence-electron chi connectivity index (χ3n) is 3.59. The van der Waals surface area contributed by atoms with Crippen LogP contribution in [-0.2, 0) is 9.53 Å². The van der Waals surface area contributed by atoms with E-state index in [0.29, 0.717) is 24.3 Å². The Morgan fingerprint density at radius 3 is 2.68 bits per heavy atom. The fourth-order valence-corrected chi connectivity index (χ4v) is 2.25. The molecule has 1 fully saturated rings. The summed E-state index contributed by atoms with van der Waals surface area (Å²) in [6.45, 7) is 3.00. The Hall–Kier alpha value is -2.08. The number of carbonyl (C=O) groups is 2. The topological polar surface area (TPSA) is 84.9 Å². The fourth-order valence-electron chi connectivity index (χ4n) is 2.25. The van der Waals surface area contributed by atoms with Crippen molar-refractivity contribution < 1.29 is 24.2 Å². The van der Waals surface area contributed by atoms with Gasteiger partial charge < -0.3 is 19.9 Å². The van der Waals surface area contributed by atoms with Gasteiger partial charge in [-0.1, -0.05) is 6.92 Å². The van der Waals surface area contributed by atoms with Crippen molar-refractivity contribution in [2.75, 3.05) is 13.2 Å². The van der Waals surface area contributed by atoms with Gasteiger partial charge in [0.25, 0.3) is 5.91 Å². The SMILES string of the molecule is CC[C@@H](NC(=O)c1ccc(OC[C@H]2CCCO2)cc1)C(=O)O. The van der Waals surface area contributed by atoms with Crippen molar-refractivity contribution in [1.29, 1.82) is 0 Å². The van der Waals surface area contributed by atoms with Gasteiger partial charge in [0, 0.05) is 12.2 Å². The van der Waals surface area contributed by atoms with E-state index in [0.717, 1.165) is 19.4 Å². The van der Waals surface area contributed by atoms with Gasteiger partial charge >= 0.3 is 5.97 Å². The first-order valence-electron chi connectivity index (χ1n) is 7.48. The molecule has 1 saturated heterocycles. The summed E-state index contributed by atoms with van der Waals surface area (Å²) in [7, 11) is 0. The van der Waals surface area contributed by atoms with E-state index < -0.39 is 17.9 Å². The van der Waals surface area contributed by atoms with Gasteiger partial charge in [-0.05, 0) is 43.5 Å². The zero-order chi connectivity index (χ0) is 15.9. The molecule has 0 aromatic heterocycles. The number of hydrogen-bond acceptors (Lipinski definition) is 4. The van der Waals surface area contributed by atoms with Crippen LogP contribution in [0, 0.1) is 0 Å². The highest BCUT2D eigenvalue weighted by atomic mass is 16.5. The molecule has 120 valence electrons. The van der Waals surface area contributed by atoms with E-state index in [2.05, 4.69) is 5.32 Å². The van der Waals surface area contributed by atoms with Crippen molar-refractivity contribution in [3.05, 3.63) is 29.8 Å². The Kier molecular flexibility index (Phi) is 5.77. The van der Waals surface area contributed by atoms with Crippen molar-refractivity contribution in [3.8, 4) is 5.75 Å². The minimum atomic E-state index is -1.03.